The van der Waals surface area contributed by atoms with E-state index < -0.39 is 5.97 Å². The van der Waals surface area contributed by atoms with E-state index in [4.69, 9.17) is 5.11 Å². The summed E-state index contributed by atoms with van der Waals surface area (Å²) in [7, 11) is 0. The molecule has 0 atom stereocenters. The molecule has 1 heterocycles. The van der Waals surface area contributed by atoms with Gasteiger partial charge in [0.05, 0.1) is 6.42 Å². The van der Waals surface area contributed by atoms with E-state index in [1.165, 1.54) is 6.92 Å². The SMILES string of the molecule is CC(=O)Nc1cccc(CN(CCC(=O)O)Cc2cccnc2)c1. The van der Waals surface area contributed by atoms with Gasteiger partial charge < -0.3 is 10.4 Å². The molecule has 1 aromatic carbocycles. The van der Waals surface area contributed by atoms with E-state index >= 15 is 0 Å². The molecule has 0 saturated carbocycles. The molecule has 0 radical (unpaired) electrons. The number of anilines is 1. The summed E-state index contributed by atoms with van der Waals surface area (Å²) < 4.78 is 0. The van der Waals surface area contributed by atoms with Gasteiger partial charge in [0.25, 0.3) is 0 Å². The average molecular weight is 327 g/mol. The number of rotatable bonds is 8. The number of carboxylic acid groups (broad SMARTS) is 1. The number of hydrogen-bond donors (Lipinski definition) is 2. The van der Waals surface area contributed by atoms with Gasteiger partial charge in [0.15, 0.2) is 0 Å². The van der Waals surface area contributed by atoms with Crippen LogP contribution < -0.4 is 5.32 Å². The molecule has 0 spiro atoms. The largest absolute Gasteiger partial charge is 0.481 e. The van der Waals surface area contributed by atoms with Crippen LogP contribution in [0.25, 0.3) is 0 Å². The lowest BCUT2D eigenvalue weighted by Crippen LogP contribution is -2.25. The summed E-state index contributed by atoms with van der Waals surface area (Å²) in [5, 5.41) is 11.7. The first-order chi connectivity index (χ1) is 11.5. The fourth-order valence-corrected chi connectivity index (χ4v) is 2.43. The Kier molecular flexibility index (Phi) is 6.45. The molecule has 1 amide bonds. The Morgan fingerprint density at radius 1 is 1.17 bits per heavy atom. The van der Waals surface area contributed by atoms with Crippen LogP contribution in [0, 0.1) is 0 Å². The number of nitrogens with one attached hydrogen (secondary N) is 1. The third kappa shape index (κ3) is 6.18. The van der Waals surface area contributed by atoms with E-state index in [1.54, 1.807) is 12.4 Å². The molecule has 0 unspecified atom stereocenters. The Labute approximate surface area is 141 Å². The number of carbonyl (C=O) groups is 2. The third-order valence-corrected chi connectivity index (χ3v) is 3.42. The summed E-state index contributed by atoms with van der Waals surface area (Å²) in [6.45, 7) is 3.11. The van der Waals surface area contributed by atoms with Gasteiger partial charge in [-0.05, 0) is 29.3 Å². The van der Waals surface area contributed by atoms with E-state index in [9.17, 15) is 9.59 Å². The number of hydrogen-bond acceptors (Lipinski definition) is 4. The van der Waals surface area contributed by atoms with Crippen LogP contribution in [0.5, 0.6) is 0 Å². The second kappa shape index (κ2) is 8.79. The molecule has 6 heteroatoms. The molecule has 1 aromatic heterocycles. The zero-order valence-electron chi connectivity index (χ0n) is 13.6. The van der Waals surface area contributed by atoms with Crippen LogP contribution in [0.4, 0.5) is 5.69 Å². The van der Waals surface area contributed by atoms with Crippen molar-refractivity contribution in [2.75, 3.05) is 11.9 Å². The Balaban J connectivity index is 2.09. The van der Waals surface area contributed by atoms with Crippen molar-refractivity contribution < 1.29 is 14.7 Å². The number of nitrogens with zero attached hydrogens (tertiary/aromatic N) is 2. The molecule has 2 rings (SSSR count). The predicted molar refractivity (Wildman–Crippen MR) is 91.3 cm³/mol. The van der Waals surface area contributed by atoms with Gasteiger partial charge in [0.1, 0.15) is 0 Å². The maximum absolute atomic E-state index is 11.2. The van der Waals surface area contributed by atoms with Gasteiger partial charge in [0.2, 0.25) is 5.91 Å². The molecular formula is C18H21N3O3. The molecule has 0 aliphatic carbocycles. The third-order valence-electron chi connectivity index (χ3n) is 3.42. The molecule has 126 valence electrons. The zero-order valence-corrected chi connectivity index (χ0v) is 13.6. The maximum Gasteiger partial charge on any atom is 0.304 e. The summed E-state index contributed by atoms with van der Waals surface area (Å²) in [6.07, 6.45) is 3.56. The molecule has 0 saturated heterocycles. The minimum atomic E-state index is -0.821. The number of benzene rings is 1. The van der Waals surface area contributed by atoms with Crippen LogP contribution >= 0.6 is 0 Å². The van der Waals surface area contributed by atoms with Crippen molar-refractivity contribution >= 4 is 17.6 Å². The molecule has 24 heavy (non-hydrogen) atoms. The topological polar surface area (TPSA) is 82.5 Å². The van der Waals surface area contributed by atoms with Crippen molar-refractivity contribution in [3.05, 3.63) is 59.9 Å². The Hall–Kier alpha value is -2.73. The van der Waals surface area contributed by atoms with Crippen molar-refractivity contribution in [3.63, 3.8) is 0 Å². The fraction of sp³-hybridized carbons (Fsp3) is 0.278. The summed E-state index contributed by atoms with van der Waals surface area (Å²) in [5.74, 6) is -0.941. The van der Waals surface area contributed by atoms with Gasteiger partial charge in [-0.1, -0.05) is 18.2 Å². The lowest BCUT2D eigenvalue weighted by molar-refractivity contribution is -0.137. The van der Waals surface area contributed by atoms with E-state index in [1.807, 2.05) is 36.4 Å². The Morgan fingerprint density at radius 2 is 1.92 bits per heavy atom. The van der Waals surface area contributed by atoms with E-state index in [-0.39, 0.29) is 12.3 Å². The van der Waals surface area contributed by atoms with Crippen LogP contribution in [-0.4, -0.2) is 33.4 Å². The first-order valence-corrected chi connectivity index (χ1v) is 7.72. The molecule has 2 N–H and O–H groups in total. The van der Waals surface area contributed by atoms with Crippen LogP contribution in [-0.2, 0) is 22.7 Å². The molecular weight excluding hydrogens is 306 g/mol. The summed E-state index contributed by atoms with van der Waals surface area (Å²) >= 11 is 0. The standard InChI is InChI=1S/C18H21N3O3/c1-14(22)20-17-6-2-4-15(10-17)12-21(9-7-18(23)24)13-16-5-3-8-19-11-16/h2-6,8,10-11H,7,9,12-13H2,1H3,(H,20,22)(H,23,24). The highest BCUT2D eigenvalue weighted by Gasteiger charge is 2.10. The number of aromatic nitrogens is 1. The molecule has 2 aromatic rings. The van der Waals surface area contributed by atoms with E-state index in [0.717, 1.165) is 16.8 Å². The number of carbonyl (C=O) groups excluding carboxylic acids is 1. The fourth-order valence-electron chi connectivity index (χ4n) is 2.43. The quantitative estimate of drug-likeness (QED) is 0.778. The highest BCUT2D eigenvalue weighted by Crippen LogP contribution is 2.15. The lowest BCUT2D eigenvalue weighted by atomic mass is 10.1. The number of aliphatic carboxylic acids is 1. The number of carboxylic acids is 1. The van der Waals surface area contributed by atoms with E-state index in [2.05, 4.69) is 15.2 Å². The Morgan fingerprint density at radius 3 is 2.58 bits per heavy atom. The lowest BCUT2D eigenvalue weighted by Gasteiger charge is -2.22. The van der Waals surface area contributed by atoms with Crippen LogP contribution in [0.1, 0.15) is 24.5 Å². The number of amides is 1. The van der Waals surface area contributed by atoms with Crippen molar-refractivity contribution in [1.82, 2.24) is 9.88 Å². The zero-order chi connectivity index (χ0) is 17.4. The van der Waals surface area contributed by atoms with Crippen molar-refractivity contribution in [2.45, 2.75) is 26.4 Å². The van der Waals surface area contributed by atoms with E-state index in [0.29, 0.717) is 19.6 Å². The van der Waals surface area contributed by atoms with Gasteiger partial charge in [-0.2, -0.15) is 0 Å². The summed E-state index contributed by atoms with van der Waals surface area (Å²) in [5.41, 5.74) is 2.77. The van der Waals surface area contributed by atoms with Gasteiger partial charge in [-0.15, -0.1) is 0 Å². The summed E-state index contributed by atoms with van der Waals surface area (Å²) in [4.78, 5) is 28.2. The Bertz CT molecular complexity index is 689. The molecule has 0 fully saturated rings. The number of pyridine rings is 1. The van der Waals surface area contributed by atoms with Crippen LogP contribution in [0.3, 0.4) is 0 Å². The minimum absolute atomic E-state index is 0.0750. The van der Waals surface area contributed by atoms with Crippen molar-refractivity contribution in [1.29, 1.82) is 0 Å². The smallest absolute Gasteiger partial charge is 0.304 e. The van der Waals surface area contributed by atoms with Crippen LogP contribution in [0.15, 0.2) is 48.8 Å². The first-order valence-electron chi connectivity index (χ1n) is 7.72. The molecule has 6 nitrogen and oxygen atoms in total. The van der Waals surface area contributed by atoms with Gasteiger partial charge in [-0.3, -0.25) is 19.5 Å². The van der Waals surface area contributed by atoms with Crippen molar-refractivity contribution in [3.8, 4) is 0 Å². The molecule has 0 aliphatic rings. The van der Waals surface area contributed by atoms with Gasteiger partial charge in [0, 0.05) is 44.6 Å². The second-order valence-corrected chi connectivity index (χ2v) is 5.60. The minimum Gasteiger partial charge on any atom is -0.481 e. The highest BCUT2D eigenvalue weighted by atomic mass is 16.4. The van der Waals surface area contributed by atoms with Crippen LogP contribution in [0.2, 0.25) is 0 Å². The summed E-state index contributed by atoms with van der Waals surface area (Å²) in [6, 6.07) is 11.4. The predicted octanol–water partition coefficient (Wildman–Crippen LogP) is 2.52. The first kappa shape index (κ1) is 17.6. The molecule has 0 aliphatic heterocycles. The average Bonchev–Trinajstić information content (AvgIpc) is 2.53. The van der Waals surface area contributed by atoms with Crippen molar-refractivity contribution in [2.24, 2.45) is 0 Å². The second-order valence-electron chi connectivity index (χ2n) is 5.60. The van der Waals surface area contributed by atoms with Gasteiger partial charge in [-0.25, -0.2) is 0 Å². The maximum atomic E-state index is 11.2. The highest BCUT2D eigenvalue weighted by molar-refractivity contribution is 5.88. The van der Waals surface area contributed by atoms with Gasteiger partial charge >= 0.3 is 5.97 Å². The normalized spacial score (nSPS) is 10.6. The monoisotopic (exact) mass is 327 g/mol. The molecule has 0 bridgehead atoms.